The molecule has 5 heteroatoms. The Bertz CT molecular complexity index is 736. The van der Waals surface area contributed by atoms with E-state index in [2.05, 4.69) is 20.5 Å². The van der Waals surface area contributed by atoms with Crippen molar-refractivity contribution in [3.8, 4) is 0 Å². The number of rotatable bonds is 4. The number of aryl methyl sites for hydroxylation is 1. The van der Waals surface area contributed by atoms with Crippen LogP contribution in [-0.4, -0.2) is 21.7 Å². The van der Waals surface area contributed by atoms with Crippen molar-refractivity contribution in [1.82, 2.24) is 15.2 Å². The maximum absolute atomic E-state index is 13.5. The van der Waals surface area contributed by atoms with Crippen LogP contribution in [0.25, 0.3) is 10.9 Å². The molecule has 0 atom stereocenters. The van der Waals surface area contributed by atoms with E-state index in [1.165, 1.54) is 6.07 Å². The van der Waals surface area contributed by atoms with Crippen LogP contribution in [0, 0.1) is 12.7 Å². The first-order chi connectivity index (χ1) is 9.75. The molecule has 0 radical (unpaired) electrons. The Hall–Kier alpha value is -2.43. The van der Waals surface area contributed by atoms with Gasteiger partial charge in [-0.1, -0.05) is 18.2 Å². The lowest BCUT2D eigenvalue weighted by molar-refractivity contribution is 0.610. The molecule has 20 heavy (non-hydrogen) atoms. The van der Waals surface area contributed by atoms with Crippen LogP contribution in [0.15, 0.2) is 36.5 Å². The van der Waals surface area contributed by atoms with Crippen molar-refractivity contribution in [3.05, 3.63) is 53.6 Å². The van der Waals surface area contributed by atoms with E-state index in [9.17, 15) is 4.39 Å². The Morgan fingerprint density at radius 1 is 1.25 bits per heavy atom. The lowest BCUT2D eigenvalue weighted by Crippen LogP contribution is -2.07. The van der Waals surface area contributed by atoms with E-state index < -0.39 is 0 Å². The van der Waals surface area contributed by atoms with Crippen LogP contribution < -0.4 is 5.32 Å². The molecule has 2 N–H and O–H groups in total. The zero-order valence-corrected chi connectivity index (χ0v) is 11.2. The minimum absolute atomic E-state index is 0.167. The van der Waals surface area contributed by atoms with Crippen molar-refractivity contribution in [2.75, 3.05) is 11.9 Å². The predicted molar refractivity (Wildman–Crippen MR) is 77.2 cm³/mol. The first-order valence-corrected chi connectivity index (χ1v) is 6.52. The molecule has 0 saturated heterocycles. The molecule has 0 aliphatic rings. The van der Waals surface area contributed by atoms with E-state index in [1.807, 2.05) is 19.1 Å². The Morgan fingerprint density at radius 3 is 2.95 bits per heavy atom. The van der Waals surface area contributed by atoms with Crippen LogP contribution >= 0.6 is 0 Å². The van der Waals surface area contributed by atoms with Gasteiger partial charge in [0.15, 0.2) is 0 Å². The maximum atomic E-state index is 13.5. The summed E-state index contributed by atoms with van der Waals surface area (Å²) in [4.78, 5) is 4.33. The van der Waals surface area contributed by atoms with E-state index in [0.29, 0.717) is 18.5 Å². The van der Waals surface area contributed by atoms with Crippen molar-refractivity contribution in [2.45, 2.75) is 13.3 Å². The molecule has 0 bridgehead atoms. The number of halogens is 1. The first-order valence-electron chi connectivity index (χ1n) is 6.52. The number of H-pyrrole nitrogens is 1. The van der Waals surface area contributed by atoms with Crippen molar-refractivity contribution in [3.63, 3.8) is 0 Å². The quantitative estimate of drug-likeness (QED) is 0.766. The lowest BCUT2D eigenvalue weighted by Gasteiger charge is -2.07. The minimum atomic E-state index is -0.167. The number of aromatic amines is 1. The van der Waals surface area contributed by atoms with Gasteiger partial charge in [0, 0.05) is 12.7 Å². The molecule has 0 fully saturated rings. The summed E-state index contributed by atoms with van der Waals surface area (Å²) in [6, 6.07) is 8.71. The highest BCUT2D eigenvalue weighted by atomic mass is 19.1. The average molecular weight is 270 g/mol. The highest BCUT2D eigenvalue weighted by Gasteiger charge is 2.08. The summed E-state index contributed by atoms with van der Waals surface area (Å²) < 4.78 is 13.5. The van der Waals surface area contributed by atoms with Crippen LogP contribution in [0.2, 0.25) is 0 Å². The maximum Gasteiger partial charge on any atom is 0.137 e. The van der Waals surface area contributed by atoms with Gasteiger partial charge in [-0.05, 0) is 31.0 Å². The largest absolute Gasteiger partial charge is 0.369 e. The molecular weight excluding hydrogens is 255 g/mol. The van der Waals surface area contributed by atoms with Gasteiger partial charge in [0.1, 0.15) is 11.6 Å². The third kappa shape index (κ3) is 2.34. The number of nitrogens with one attached hydrogen (secondary N) is 2. The number of fused-ring (bicyclic) bond motifs is 1. The van der Waals surface area contributed by atoms with Gasteiger partial charge >= 0.3 is 0 Å². The van der Waals surface area contributed by atoms with Crippen LogP contribution in [0.3, 0.4) is 0 Å². The summed E-state index contributed by atoms with van der Waals surface area (Å²) in [6.45, 7) is 2.56. The summed E-state index contributed by atoms with van der Waals surface area (Å²) in [5.74, 6) is 0.616. The number of aromatic nitrogens is 3. The molecule has 0 spiro atoms. The number of anilines is 1. The van der Waals surface area contributed by atoms with Crippen LogP contribution in [0.1, 0.15) is 11.3 Å². The minimum Gasteiger partial charge on any atom is -0.369 e. The number of pyridine rings is 1. The summed E-state index contributed by atoms with van der Waals surface area (Å²) in [6.07, 6.45) is 2.34. The van der Waals surface area contributed by atoms with Gasteiger partial charge in [-0.15, -0.1) is 0 Å². The van der Waals surface area contributed by atoms with E-state index in [0.717, 1.165) is 22.4 Å². The Labute approximate surface area is 116 Å². The van der Waals surface area contributed by atoms with E-state index >= 15 is 0 Å². The molecule has 1 aromatic carbocycles. The highest BCUT2D eigenvalue weighted by molar-refractivity contribution is 5.91. The van der Waals surface area contributed by atoms with Gasteiger partial charge in [0.2, 0.25) is 0 Å². The zero-order valence-electron chi connectivity index (χ0n) is 11.2. The van der Waals surface area contributed by atoms with E-state index in [1.54, 1.807) is 18.3 Å². The van der Waals surface area contributed by atoms with E-state index in [-0.39, 0.29) is 5.82 Å². The SMILES string of the molecule is Cc1n[nH]c2ccnc(NCCc3ccccc3F)c12. The van der Waals surface area contributed by atoms with Crippen molar-refractivity contribution >= 4 is 16.7 Å². The lowest BCUT2D eigenvalue weighted by atomic mass is 10.1. The van der Waals surface area contributed by atoms with Crippen LogP contribution in [-0.2, 0) is 6.42 Å². The fourth-order valence-electron chi connectivity index (χ4n) is 2.27. The number of benzene rings is 1. The molecule has 0 aliphatic carbocycles. The molecular formula is C15H15FN4. The van der Waals surface area contributed by atoms with Crippen molar-refractivity contribution < 1.29 is 4.39 Å². The topological polar surface area (TPSA) is 53.6 Å². The second-order valence-electron chi connectivity index (χ2n) is 4.66. The van der Waals surface area contributed by atoms with Gasteiger partial charge in [-0.3, -0.25) is 5.10 Å². The Balaban J connectivity index is 1.75. The second-order valence-corrected chi connectivity index (χ2v) is 4.66. The Kier molecular flexibility index (Phi) is 3.33. The number of hydrogen-bond donors (Lipinski definition) is 2. The normalized spacial score (nSPS) is 10.9. The van der Waals surface area contributed by atoms with Gasteiger partial charge in [0.25, 0.3) is 0 Å². The smallest absolute Gasteiger partial charge is 0.137 e. The molecule has 3 aromatic rings. The highest BCUT2D eigenvalue weighted by Crippen LogP contribution is 2.22. The fourth-order valence-corrected chi connectivity index (χ4v) is 2.27. The molecule has 2 aromatic heterocycles. The van der Waals surface area contributed by atoms with Gasteiger partial charge < -0.3 is 5.32 Å². The standard InChI is InChI=1S/C15H15FN4/c1-10-14-13(20-19-10)7-9-18-15(14)17-8-6-11-4-2-3-5-12(11)16/h2-5,7,9H,6,8H2,1H3,(H,17,18)(H,19,20). The summed E-state index contributed by atoms with van der Waals surface area (Å²) in [7, 11) is 0. The molecule has 0 amide bonds. The number of nitrogens with zero attached hydrogens (tertiary/aromatic N) is 2. The molecule has 0 saturated carbocycles. The molecule has 0 unspecified atom stereocenters. The number of hydrogen-bond acceptors (Lipinski definition) is 3. The van der Waals surface area contributed by atoms with Crippen LogP contribution in [0.4, 0.5) is 10.2 Å². The van der Waals surface area contributed by atoms with Gasteiger partial charge in [0.05, 0.1) is 16.6 Å². The van der Waals surface area contributed by atoms with Gasteiger partial charge in [-0.25, -0.2) is 9.37 Å². The van der Waals surface area contributed by atoms with Crippen molar-refractivity contribution in [1.29, 1.82) is 0 Å². The summed E-state index contributed by atoms with van der Waals surface area (Å²) in [5, 5.41) is 11.4. The van der Waals surface area contributed by atoms with Gasteiger partial charge in [-0.2, -0.15) is 5.10 Å². The zero-order chi connectivity index (χ0) is 13.9. The average Bonchev–Trinajstić information content (AvgIpc) is 2.84. The molecule has 102 valence electrons. The Morgan fingerprint density at radius 2 is 2.10 bits per heavy atom. The first kappa shape index (κ1) is 12.6. The summed E-state index contributed by atoms with van der Waals surface area (Å²) >= 11 is 0. The molecule has 0 aliphatic heterocycles. The summed E-state index contributed by atoms with van der Waals surface area (Å²) in [5.41, 5.74) is 2.56. The predicted octanol–water partition coefficient (Wildman–Crippen LogP) is 3.06. The third-order valence-corrected chi connectivity index (χ3v) is 3.30. The second kappa shape index (κ2) is 5.28. The van der Waals surface area contributed by atoms with Crippen LogP contribution in [0.5, 0.6) is 0 Å². The molecule has 4 nitrogen and oxygen atoms in total. The molecule has 3 rings (SSSR count). The van der Waals surface area contributed by atoms with Crippen molar-refractivity contribution in [2.24, 2.45) is 0 Å². The monoisotopic (exact) mass is 270 g/mol. The molecule has 2 heterocycles. The van der Waals surface area contributed by atoms with E-state index in [4.69, 9.17) is 0 Å². The fraction of sp³-hybridized carbons (Fsp3) is 0.200. The third-order valence-electron chi connectivity index (χ3n) is 3.30.